The summed E-state index contributed by atoms with van der Waals surface area (Å²) in [6.07, 6.45) is 5.35. The summed E-state index contributed by atoms with van der Waals surface area (Å²) in [6, 6.07) is 22.7. The molecular weight excluding hydrogens is 536 g/mol. The third-order valence-corrected chi connectivity index (χ3v) is 7.88. The number of amides is 2. The van der Waals surface area contributed by atoms with Crippen molar-refractivity contribution in [3.63, 3.8) is 0 Å². The fraction of sp³-hybridized carbons (Fsp3) is 0.412. The Morgan fingerprint density at radius 2 is 1.59 bits per heavy atom. The van der Waals surface area contributed by atoms with Gasteiger partial charge in [0.2, 0.25) is 11.8 Å². The van der Waals surface area contributed by atoms with Crippen LogP contribution >= 0.6 is 11.6 Å². The molecule has 0 heterocycles. The first-order valence-corrected chi connectivity index (χ1v) is 15.1. The van der Waals surface area contributed by atoms with E-state index in [0.29, 0.717) is 42.6 Å². The number of rotatable bonds is 14. The Kier molecular flexibility index (Phi) is 11.5. The molecule has 0 aliphatic heterocycles. The number of halogens is 1. The molecule has 0 unspecified atom stereocenters. The van der Waals surface area contributed by atoms with E-state index >= 15 is 0 Å². The molecule has 41 heavy (non-hydrogen) atoms. The topological polar surface area (TPSA) is 67.9 Å². The lowest BCUT2D eigenvalue weighted by Gasteiger charge is -2.32. The Balaban J connectivity index is 1.60. The first kappa shape index (κ1) is 30.4. The SMILES string of the molecule is CCOc1ccc(CCC(=O)N(Cc2ccccc2Cl)[C@H](Cc2ccccc2)C(=O)NC2CCCC2)cc1OCC. The number of hydrogen-bond acceptors (Lipinski definition) is 4. The number of benzene rings is 3. The predicted octanol–water partition coefficient (Wildman–Crippen LogP) is 6.77. The molecule has 1 saturated carbocycles. The van der Waals surface area contributed by atoms with E-state index in [2.05, 4.69) is 5.32 Å². The number of nitrogens with one attached hydrogen (secondary N) is 1. The Labute approximate surface area is 249 Å². The van der Waals surface area contributed by atoms with E-state index in [4.69, 9.17) is 21.1 Å². The van der Waals surface area contributed by atoms with Crippen molar-refractivity contribution in [3.8, 4) is 11.5 Å². The number of nitrogens with zero attached hydrogens (tertiary/aromatic N) is 1. The van der Waals surface area contributed by atoms with Crippen molar-refractivity contribution in [2.24, 2.45) is 0 Å². The van der Waals surface area contributed by atoms with Crippen LogP contribution in [0.15, 0.2) is 72.8 Å². The Morgan fingerprint density at radius 3 is 2.29 bits per heavy atom. The van der Waals surface area contributed by atoms with E-state index in [1.807, 2.05) is 86.6 Å². The largest absolute Gasteiger partial charge is 0.490 e. The maximum absolute atomic E-state index is 14.0. The van der Waals surface area contributed by atoms with E-state index in [0.717, 1.165) is 42.4 Å². The highest BCUT2D eigenvalue weighted by Gasteiger charge is 2.32. The van der Waals surface area contributed by atoms with Gasteiger partial charge in [0.1, 0.15) is 6.04 Å². The number of carbonyl (C=O) groups is 2. The number of carbonyl (C=O) groups excluding carboxylic acids is 2. The molecule has 0 aromatic heterocycles. The highest BCUT2D eigenvalue weighted by Crippen LogP contribution is 2.29. The van der Waals surface area contributed by atoms with Gasteiger partial charge in [-0.25, -0.2) is 0 Å². The molecule has 7 heteroatoms. The zero-order valence-electron chi connectivity index (χ0n) is 24.1. The van der Waals surface area contributed by atoms with E-state index in [-0.39, 0.29) is 30.8 Å². The lowest BCUT2D eigenvalue weighted by atomic mass is 10.0. The second kappa shape index (κ2) is 15.5. The molecule has 0 radical (unpaired) electrons. The fourth-order valence-corrected chi connectivity index (χ4v) is 5.57. The van der Waals surface area contributed by atoms with Crippen LogP contribution in [0.3, 0.4) is 0 Å². The Morgan fingerprint density at radius 1 is 0.902 bits per heavy atom. The van der Waals surface area contributed by atoms with Gasteiger partial charge in [0.05, 0.1) is 13.2 Å². The maximum Gasteiger partial charge on any atom is 0.243 e. The normalized spacial score (nSPS) is 13.9. The molecule has 0 saturated heterocycles. The second-order valence-electron chi connectivity index (χ2n) is 10.5. The standard InChI is InChI=1S/C34H41ClN2O4/c1-3-40-31-20-18-26(23-32(31)41-4-2)19-21-33(38)37(24-27-14-8-11-17-29(27)35)30(22-25-12-6-5-7-13-25)34(39)36-28-15-9-10-16-28/h5-8,11-14,17-18,20,23,28,30H,3-4,9-10,15-16,19,21-22,24H2,1-2H3,(H,36,39)/t30-/m1/s1. The van der Waals surface area contributed by atoms with Crippen molar-refractivity contribution in [1.82, 2.24) is 10.2 Å². The molecule has 4 rings (SSSR count). The summed E-state index contributed by atoms with van der Waals surface area (Å²) in [5, 5.41) is 3.83. The molecule has 0 bridgehead atoms. The summed E-state index contributed by atoms with van der Waals surface area (Å²) < 4.78 is 11.5. The lowest BCUT2D eigenvalue weighted by Crippen LogP contribution is -2.52. The summed E-state index contributed by atoms with van der Waals surface area (Å²) in [4.78, 5) is 29.6. The van der Waals surface area contributed by atoms with Crippen LogP contribution in [0, 0.1) is 0 Å². The minimum Gasteiger partial charge on any atom is -0.490 e. The maximum atomic E-state index is 14.0. The molecule has 1 N–H and O–H groups in total. The molecule has 2 amide bonds. The van der Waals surface area contributed by atoms with Gasteiger partial charge in [0, 0.05) is 30.5 Å². The van der Waals surface area contributed by atoms with Crippen LogP contribution in [-0.4, -0.2) is 42.0 Å². The van der Waals surface area contributed by atoms with E-state index in [1.54, 1.807) is 4.90 Å². The smallest absolute Gasteiger partial charge is 0.243 e. The van der Waals surface area contributed by atoms with Crippen molar-refractivity contribution in [2.75, 3.05) is 13.2 Å². The number of hydrogen-bond donors (Lipinski definition) is 1. The van der Waals surface area contributed by atoms with Gasteiger partial charge in [-0.2, -0.15) is 0 Å². The summed E-state index contributed by atoms with van der Waals surface area (Å²) >= 11 is 6.55. The average molecular weight is 577 g/mol. The molecule has 3 aromatic rings. The lowest BCUT2D eigenvalue weighted by molar-refractivity contribution is -0.141. The molecule has 3 aromatic carbocycles. The van der Waals surface area contributed by atoms with Gasteiger partial charge in [-0.05, 0) is 68.0 Å². The second-order valence-corrected chi connectivity index (χ2v) is 10.9. The molecule has 1 fully saturated rings. The minimum absolute atomic E-state index is 0.0979. The predicted molar refractivity (Wildman–Crippen MR) is 163 cm³/mol. The van der Waals surface area contributed by atoms with Gasteiger partial charge in [-0.3, -0.25) is 9.59 Å². The number of ether oxygens (including phenoxy) is 2. The first-order valence-electron chi connectivity index (χ1n) is 14.7. The van der Waals surface area contributed by atoms with Crippen molar-refractivity contribution >= 4 is 23.4 Å². The summed E-state index contributed by atoms with van der Waals surface area (Å²) in [5.74, 6) is 1.15. The van der Waals surface area contributed by atoms with Crippen LogP contribution < -0.4 is 14.8 Å². The van der Waals surface area contributed by atoms with Crippen molar-refractivity contribution in [1.29, 1.82) is 0 Å². The van der Waals surface area contributed by atoms with Gasteiger partial charge in [-0.1, -0.05) is 79.0 Å². The molecular formula is C34H41ClN2O4. The molecule has 6 nitrogen and oxygen atoms in total. The molecule has 218 valence electrons. The van der Waals surface area contributed by atoms with Crippen molar-refractivity contribution in [3.05, 3.63) is 94.5 Å². The zero-order valence-corrected chi connectivity index (χ0v) is 24.9. The van der Waals surface area contributed by atoms with Crippen LogP contribution in [0.25, 0.3) is 0 Å². The van der Waals surface area contributed by atoms with Crippen molar-refractivity contribution in [2.45, 2.75) is 77.4 Å². The quantitative estimate of drug-likeness (QED) is 0.230. The van der Waals surface area contributed by atoms with Crippen molar-refractivity contribution < 1.29 is 19.1 Å². The summed E-state index contributed by atoms with van der Waals surface area (Å²) in [7, 11) is 0. The van der Waals surface area contributed by atoms with E-state index in [9.17, 15) is 9.59 Å². The highest BCUT2D eigenvalue weighted by molar-refractivity contribution is 6.31. The van der Waals surface area contributed by atoms with Gasteiger partial charge in [0.25, 0.3) is 0 Å². The third-order valence-electron chi connectivity index (χ3n) is 7.51. The van der Waals surface area contributed by atoms with Crippen LogP contribution in [0.4, 0.5) is 0 Å². The van der Waals surface area contributed by atoms with Gasteiger partial charge in [-0.15, -0.1) is 0 Å². The fourth-order valence-electron chi connectivity index (χ4n) is 5.38. The number of aryl methyl sites for hydroxylation is 1. The third kappa shape index (κ3) is 8.74. The van der Waals surface area contributed by atoms with Crippen LogP contribution in [0.5, 0.6) is 11.5 Å². The van der Waals surface area contributed by atoms with Crippen LogP contribution in [-0.2, 0) is 29.0 Å². The monoisotopic (exact) mass is 576 g/mol. The summed E-state index contributed by atoms with van der Waals surface area (Å²) in [6.45, 7) is 5.18. The van der Waals surface area contributed by atoms with E-state index < -0.39 is 6.04 Å². The Hall–Kier alpha value is -3.51. The molecule has 1 aliphatic carbocycles. The highest BCUT2D eigenvalue weighted by atomic mass is 35.5. The average Bonchev–Trinajstić information content (AvgIpc) is 3.49. The zero-order chi connectivity index (χ0) is 29.0. The molecule has 1 aliphatic rings. The molecule has 1 atom stereocenters. The molecule has 0 spiro atoms. The van der Waals surface area contributed by atoms with Crippen LogP contribution in [0.1, 0.15) is 62.6 Å². The Bertz CT molecular complexity index is 1280. The van der Waals surface area contributed by atoms with Gasteiger partial charge >= 0.3 is 0 Å². The van der Waals surface area contributed by atoms with E-state index in [1.165, 1.54) is 0 Å². The minimum atomic E-state index is -0.666. The summed E-state index contributed by atoms with van der Waals surface area (Å²) in [5.41, 5.74) is 2.79. The first-order chi connectivity index (χ1) is 20.0. The van der Waals surface area contributed by atoms with Crippen LogP contribution in [0.2, 0.25) is 5.02 Å². The van der Waals surface area contributed by atoms with Gasteiger partial charge < -0.3 is 19.7 Å². The van der Waals surface area contributed by atoms with Gasteiger partial charge in [0.15, 0.2) is 11.5 Å².